The van der Waals surface area contributed by atoms with Gasteiger partial charge >= 0.3 is 0 Å². The van der Waals surface area contributed by atoms with Crippen molar-refractivity contribution in [1.82, 2.24) is 0 Å². The van der Waals surface area contributed by atoms with Gasteiger partial charge in [-0.1, -0.05) is 39.5 Å². The Morgan fingerprint density at radius 3 is 1.85 bits per heavy atom. The molecule has 2 nitrogen and oxygen atoms in total. The maximum Gasteiger partial charge on any atom is 0.0755 e. The van der Waals surface area contributed by atoms with Crippen LogP contribution in [-0.4, -0.2) is 18.6 Å². The van der Waals surface area contributed by atoms with Crippen LogP contribution in [0.2, 0.25) is 0 Å². The van der Waals surface area contributed by atoms with Crippen LogP contribution in [0.25, 0.3) is 0 Å². The number of hydrogen-bond acceptors (Lipinski definition) is 1. The summed E-state index contributed by atoms with van der Waals surface area (Å²) in [6, 6.07) is 0. The molecule has 0 saturated heterocycles. The fourth-order valence-electron chi connectivity index (χ4n) is 1.39. The van der Waals surface area contributed by atoms with Gasteiger partial charge in [-0.05, 0) is 19.3 Å². The third-order valence-corrected chi connectivity index (χ3v) is 2.27. The van der Waals surface area contributed by atoms with Gasteiger partial charge in [-0.2, -0.15) is 0 Å². The van der Waals surface area contributed by atoms with E-state index in [4.69, 9.17) is 0 Å². The van der Waals surface area contributed by atoms with Gasteiger partial charge in [0.2, 0.25) is 0 Å². The highest BCUT2D eigenvalue weighted by Crippen LogP contribution is 2.00. The van der Waals surface area contributed by atoms with Crippen molar-refractivity contribution in [2.75, 3.05) is 13.1 Å². The van der Waals surface area contributed by atoms with E-state index in [2.05, 4.69) is 19.2 Å². The van der Waals surface area contributed by atoms with Gasteiger partial charge in [-0.25, -0.2) is 0 Å². The summed E-state index contributed by atoms with van der Waals surface area (Å²) in [6.45, 7) is 7.22. The molecule has 0 heterocycles. The minimum Gasteiger partial charge on any atom is -0.870 e. The highest BCUT2D eigenvalue weighted by atomic mass is 16.0. The minimum atomic E-state index is 0. The first-order valence-electron chi connectivity index (χ1n) is 5.73. The Kier molecular flexibility index (Phi) is 17.1. The molecule has 0 rings (SSSR count). The summed E-state index contributed by atoms with van der Waals surface area (Å²) in [7, 11) is 0. The van der Waals surface area contributed by atoms with E-state index >= 15 is 0 Å². The normalized spacial score (nSPS) is 9.69. The van der Waals surface area contributed by atoms with E-state index in [9.17, 15) is 0 Å². The Morgan fingerprint density at radius 1 is 0.692 bits per heavy atom. The Labute approximate surface area is 83.4 Å². The van der Waals surface area contributed by atoms with Crippen LogP contribution in [0.1, 0.15) is 58.8 Å². The van der Waals surface area contributed by atoms with Crippen LogP contribution < -0.4 is 5.32 Å². The highest BCUT2D eigenvalue weighted by Gasteiger charge is 1.91. The zero-order chi connectivity index (χ0) is 9.07. The molecular weight excluding hydrogens is 162 g/mol. The van der Waals surface area contributed by atoms with E-state index in [0.717, 1.165) is 0 Å². The van der Waals surface area contributed by atoms with Crippen molar-refractivity contribution >= 4 is 0 Å². The van der Waals surface area contributed by atoms with Gasteiger partial charge < -0.3 is 10.8 Å². The topological polar surface area (TPSA) is 46.6 Å². The first-order chi connectivity index (χ1) is 5.91. The molecule has 0 radical (unpaired) electrons. The Hall–Kier alpha value is -0.0800. The molecule has 0 aliphatic heterocycles. The average molecular weight is 189 g/mol. The molecule has 0 aliphatic carbocycles. The number of rotatable bonds is 9. The minimum absolute atomic E-state index is 0. The van der Waals surface area contributed by atoms with E-state index in [1.54, 1.807) is 0 Å². The molecule has 0 aromatic rings. The molecule has 0 aromatic carbocycles. The largest absolute Gasteiger partial charge is 0.870 e. The molecule has 82 valence electrons. The van der Waals surface area contributed by atoms with Crippen molar-refractivity contribution in [3.8, 4) is 0 Å². The maximum absolute atomic E-state index is 2.47. The highest BCUT2D eigenvalue weighted by molar-refractivity contribution is 4.39. The molecule has 3 N–H and O–H groups in total. The fourth-order valence-corrected chi connectivity index (χ4v) is 1.39. The van der Waals surface area contributed by atoms with Gasteiger partial charge in [0.25, 0.3) is 0 Å². The summed E-state index contributed by atoms with van der Waals surface area (Å²) in [5, 5.41) is 2.47. The molecule has 0 unspecified atom stereocenters. The zero-order valence-corrected chi connectivity index (χ0v) is 9.39. The summed E-state index contributed by atoms with van der Waals surface area (Å²) in [6.07, 6.45) is 9.81. The molecule has 0 bridgehead atoms. The maximum atomic E-state index is 2.47. The number of quaternary nitrogens is 1. The molecule has 13 heavy (non-hydrogen) atoms. The smallest absolute Gasteiger partial charge is 0.0755 e. The van der Waals surface area contributed by atoms with Crippen molar-refractivity contribution in [2.24, 2.45) is 0 Å². The van der Waals surface area contributed by atoms with Crippen molar-refractivity contribution in [1.29, 1.82) is 0 Å². The lowest BCUT2D eigenvalue weighted by molar-refractivity contribution is -0.655. The van der Waals surface area contributed by atoms with E-state index in [0.29, 0.717) is 0 Å². The van der Waals surface area contributed by atoms with Gasteiger partial charge in [0, 0.05) is 0 Å². The quantitative estimate of drug-likeness (QED) is 0.555. The lowest BCUT2D eigenvalue weighted by Gasteiger charge is -2.00. The summed E-state index contributed by atoms with van der Waals surface area (Å²) in [5.41, 5.74) is 0. The van der Waals surface area contributed by atoms with Crippen LogP contribution in [0.3, 0.4) is 0 Å². The molecule has 0 atom stereocenters. The standard InChI is InChI=1S/C11H25N.H2O/c1-3-5-7-8-9-11-12-10-6-4-2;/h12H,3-11H2,1-2H3;1H2. The molecule has 0 saturated carbocycles. The van der Waals surface area contributed by atoms with Crippen LogP contribution in [-0.2, 0) is 0 Å². The van der Waals surface area contributed by atoms with Gasteiger partial charge in [0.15, 0.2) is 0 Å². The van der Waals surface area contributed by atoms with E-state index in [1.807, 2.05) is 0 Å². The lowest BCUT2D eigenvalue weighted by Crippen LogP contribution is -2.84. The van der Waals surface area contributed by atoms with Crippen molar-refractivity contribution in [3.05, 3.63) is 0 Å². The van der Waals surface area contributed by atoms with Crippen molar-refractivity contribution < 1.29 is 10.8 Å². The monoisotopic (exact) mass is 189 g/mol. The van der Waals surface area contributed by atoms with Crippen molar-refractivity contribution in [3.63, 3.8) is 0 Å². The molecular formula is C11H27NO. The summed E-state index contributed by atoms with van der Waals surface area (Å²) in [4.78, 5) is 0. The van der Waals surface area contributed by atoms with E-state index in [-0.39, 0.29) is 5.48 Å². The number of hydrogen-bond donors (Lipinski definition) is 1. The molecule has 0 fully saturated rings. The van der Waals surface area contributed by atoms with Gasteiger partial charge in [-0.15, -0.1) is 0 Å². The van der Waals surface area contributed by atoms with E-state index < -0.39 is 0 Å². The Balaban J connectivity index is 0. The predicted octanol–water partition coefficient (Wildman–Crippen LogP) is 2.14. The van der Waals surface area contributed by atoms with Gasteiger partial charge in [0.1, 0.15) is 0 Å². The second-order valence-corrected chi connectivity index (χ2v) is 3.63. The molecule has 2 heteroatoms. The number of nitrogens with two attached hydrogens (primary N) is 1. The van der Waals surface area contributed by atoms with Crippen LogP contribution in [0.4, 0.5) is 0 Å². The second-order valence-electron chi connectivity index (χ2n) is 3.63. The SMILES string of the molecule is CCCCCCC[NH2+]CCCC.[OH-]. The molecule has 0 aromatic heterocycles. The first kappa shape index (κ1) is 15.4. The summed E-state index contributed by atoms with van der Waals surface area (Å²) < 4.78 is 0. The van der Waals surface area contributed by atoms with E-state index in [1.165, 1.54) is 58.0 Å². The van der Waals surface area contributed by atoms with Gasteiger partial charge in [0.05, 0.1) is 13.1 Å². The fraction of sp³-hybridized carbons (Fsp3) is 1.00. The average Bonchev–Trinajstić information content (AvgIpc) is 2.10. The Morgan fingerprint density at radius 2 is 1.23 bits per heavy atom. The third kappa shape index (κ3) is 14.7. The van der Waals surface area contributed by atoms with Crippen LogP contribution in [0.15, 0.2) is 0 Å². The molecule has 0 aliphatic rings. The predicted molar refractivity (Wildman–Crippen MR) is 57.3 cm³/mol. The van der Waals surface area contributed by atoms with Crippen LogP contribution >= 0.6 is 0 Å². The van der Waals surface area contributed by atoms with Crippen LogP contribution in [0.5, 0.6) is 0 Å². The summed E-state index contributed by atoms with van der Waals surface area (Å²) >= 11 is 0. The lowest BCUT2D eigenvalue weighted by atomic mass is 10.1. The Bertz CT molecular complexity index is 66.5. The summed E-state index contributed by atoms with van der Waals surface area (Å²) in [5.74, 6) is 0. The zero-order valence-electron chi connectivity index (χ0n) is 9.39. The number of unbranched alkanes of at least 4 members (excludes halogenated alkanes) is 5. The molecule has 0 spiro atoms. The van der Waals surface area contributed by atoms with Gasteiger partial charge in [-0.3, -0.25) is 0 Å². The van der Waals surface area contributed by atoms with Crippen molar-refractivity contribution in [2.45, 2.75) is 58.8 Å². The second kappa shape index (κ2) is 14.4. The molecule has 0 amide bonds. The van der Waals surface area contributed by atoms with Crippen LogP contribution in [0, 0.1) is 0 Å². The first-order valence-corrected chi connectivity index (χ1v) is 5.73. The third-order valence-electron chi connectivity index (χ3n) is 2.27.